The van der Waals surface area contributed by atoms with Gasteiger partial charge in [0.1, 0.15) is 12.2 Å². The Hall–Kier alpha value is -1.32. The number of carboxylic acid groups (broad SMARTS) is 1. The summed E-state index contributed by atoms with van der Waals surface area (Å²) >= 11 is 0. The molecule has 0 aliphatic carbocycles. The zero-order valence-corrected chi connectivity index (χ0v) is 8.23. The van der Waals surface area contributed by atoms with Crippen molar-refractivity contribution in [3.05, 3.63) is 17.7 Å². The Kier molecular flexibility index (Phi) is 2.27. The molecule has 0 spiro atoms. The van der Waals surface area contributed by atoms with Crippen LogP contribution in [-0.2, 0) is 17.6 Å². The Balaban J connectivity index is 2.33. The average Bonchev–Trinajstić information content (AvgIpc) is 2.49. The van der Waals surface area contributed by atoms with Gasteiger partial charge in [-0.3, -0.25) is 4.79 Å². The van der Waals surface area contributed by atoms with Gasteiger partial charge in [-0.15, -0.1) is 0 Å². The van der Waals surface area contributed by atoms with Crippen molar-refractivity contribution in [2.45, 2.75) is 38.6 Å². The maximum absolute atomic E-state index is 10.6. The Morgan fingerprint density at radius 2 is 2.57 bits per heavy atom. The molecular weight excluding hydrogens is 180 g/mol. The van der Waals surface area contributed by atoms with Gasteiger partial charge in [0.25, 0.3) is 0 Å². The first-order valence-electron chi connectivity index (χ1n) is 4.95. The van der Waals surface area contributed by atoms with Crippen LogP contribution in [0.1, 0.15) is 37.3 Å². The lowest BCUT2D eigenvalue weighted by atomic mass is 10.0. The molecule has 0 aromatic carbocycles. The van der Waals surface area contributed by atoms with Crippen LogP contribution in [0.5, 0.6) is 0 Å². The van der Waals surface area contributed by atoms with Crippen LogP contribution >= 0.6 is 0 Å². The molecule has 0 saturated carbocycles. The molecule has 4 nitrogen and oxygen atoms in total. The van der Waals surface area contributed by atoms with Crippen molar-refractivity contribution in [3.8, 4) is 0 Å². The molecule has 1 N–H and O–H groups in total. The second-order valence-electron chi connectivity index (χ2n) is 3.85. The van der Waals surface area contributed by atoms with Gasteiger partial charge in [0.15, 0.2) is 0 Å². The number of aryl methyl sites for hydroxylation is 1. The van der Waals surface area contributed by atoms with E-state index in [4.69, 9.17) is 5.11 Å². The van der Waals surface area contributed by atoms with Gasteiger partial charge in [-0.1, -0.05) is 0 Å². The second-order valence-corrected chi connectivity index (χ2v) is 3.85. The van der Waals surface area contributed by atoms with Gasteiger partial charge >= 0.3 is 5.97 Å². The molecule has 1 aliphatic heterocycles. The minimum atomic E-state index is -0.809. The highest BCUT2D eigenvalue weighted by molar-refractivity contribution is 5.69. The summed E-state index contributed by atoms with van der Waals surface area (Å²) in [5.41, 5.74) is 1.18. The minimum absolute atomic E-state index is 0.0321. The number of aromatic nitrogens is 2. The molecule has 1 unspecified atom stereocenters. The van der Waals surface area contributed by atoms with Crippen molar-refractivity contribution < 1.29 is 9.90 Å². The van der Waals surface area contributed by atoms with Crippen LogP contribution in [0.3, 0.4) is 0 Å². The van der Waals surface area contributed by atoms with Crippen LogP contribution in [0.4, 0.5) is 0 Å². The van der Waals surface area contributed by atoms with Gasteiger partial charge < -0.3 is 9.67 Å². The highest BCUT2D eigenvalue weighted by atomic mass is 16.4. The maximum Gasteiger partial charge on any atom is 0.311 e. The predicted molar refractivity (Wildman–Crippen MR) is 51.2 cm³/mol. The van der Waals surface area contributed by atoms with Crippen molar-refractivity contribution in [2.75, 3.05) is 0 Å². The van der Waals surface area contributed by atoms with E-state index < -0.39 is 5.97 Å². The molecule has 4 heteroatoms. The number of nitrogens with zero attached hydrogens (tertiary/aromatic N) is 2. The topological polar surface area (TPSA) is 55.1 Å². The van der Waals surface area contributed by atoms with Crippen LogP contribution in [0.15, 0.2) is 6.20 Å². The number of imidazole rings is 1. The first kappa shape index (κ1) is 9.24. The van der Waals surface area contributed by atoms with Crippen molar-refractivity contribution in [1.82, 2.24) is 9.55 Å². The van der Waals surface area contributed by atoms with E-state index >= 15 is 0 Å². The van der Waals surface area contributed by atoms with E-state index in [0.29, 0.717) is 11.9 Å². The molecule has 1 aliphatic rings. The Bertz CT molecular complexity index is 357. The summed E-state index contributed by atoms with van der Waals surface area (Å²) in [7, 11) is 0. The molecule has 0 amide bonds. The third-order valence-electron chi connectivity index (χ3n) is 2.76. The van der Waals surface area contributed by atoms with Crippen molar-refractivity contribution in [3.63, 3.8) is 0 Å². The number of carbonyl (C=O) groups is 1. The molecule has 0 saturated heterocycles. The fourth-order valence-electron chi connectivity index (χ4n) is 2.14. The van der Waals surface area contributed by atoms with Crippen LogP contribution in [0.25, 0.3) is 0 Å². The number of rotatable bonds is 2. The highest BCUT2D eigenvalue weighted by Gasteiger charge is 2.20. The third-order valence-corrected chi connectivity index (χ3v) is 2.76. The monoisotopic (exact) mass is 194 g/mol. The summed E-state index contributed by atoms with van der Waals surface area (Å²) in [5, 5.41) is 8.72. The molecule has 0 bridgehead atoms. The first-order valence-corrected chi connectivity index (χ1v) is 4.95. The van der Waals surface area contributed by atoms with E-state index in [1.165, 1.54) is 12.1 Å². The Morgan fingerprint density at radius 3 is 3.29 bits per heavy atom. The summed E-state index contributed by atoms with van der Waals surface area (Å²) in [4.78, 5) is 14.8. The summed E-state index contributed by atoms with van der Waals surface area (Å²) in [6, 6.07) is 0.399. The van der Waals surface area contributed by atoms with Gasteiger partial charge in [0, 0.05) is 17.9 Å². The molecule has 2 heterocycles. The van der Waals surface area contributed by atoms with E-state index in [-0.39, 0.29) is 6.42 Å². The number of aliphatic carboxylic acids is 1. The van der Waals surface area contributed by atoms with Crippen molar-refractivity contribution in [1.29, 1.82) is 0 Å². The number of hydrogen-bond donors (Lipinski definition) is 1. The van der Waals surface area contributed by atoms with Gasteiger partial charge in [-0.2, -0.15) is 0 Å². The van der Waals surface area contributed by atoms with Crippen LogP contribution in [0.2, 0.25) is 0 Å². The van der Waals surface area contributed by atoms with Gasteiger partial charge in [0.05, 0.1) is 0 Å². The first-order chi connectivity index (χ1) is 6.68. The van der Waals surface area contributed by atoms with Crippen LogP contribution in [-0.4, -0.2) is 20.6 Å². The van der Waals surface area contributed by atoms with Crippen LogP contribution in [0, 0.1) is 0 Å². The second kappa shape index (κ2) is 3.44. The number of hydrogen-bond acceptors (Lipinski definition) is 2. The standard InChI is InChI=1S/C10H14N2O2/c1-7-3-2-4-8-6-11-9(12(7)8)5-10(13)14/h6-7H,2-5H2,1H3,(H,13,14). The fraction of sp³-hybridized carbons (Fsp3) is 0.600. The van der Waals surface area contributed by atoms with Gasteiger partial charge in [0.2, 0.25) is 0 Å². The average molecular weight is 194 g/mol. The van der Waals surface area contributed by atoms with E-state index in [1.54, 1.807) is 0 Å². The Morgan fingerprint density at radius 1 is 1.79 bits per heavy atom. The summed E-state index contributed by atoms with van der Waals surface area (Å²) in [5.74, 6) is -0.115. The Labute approximate surface area is 82.6 Å². The smallest absolute Gasteiger partial charge is 0.311 e. The molecule has 76 valence electrons. The fourth-order valence-corrected chi connectivity index (χ4v) is 2.14. The number of carboxylic acids is 1. The third kappa shape index (κ3) is 1.52. The van der Waals surface area contributed by atoms with E-state index in [1.807, 2.05) is 6.20 Å². The van der Waals surface area contributed by atoms with E-state index in [2.05, 4.69) is 16.5 Å². The zero-order chi connectivity index (χ0) is 10.1. The quantitative estimate of drug-likeness (QED) is 0.774. The molecule has 0 fully saturated rings. The highest BCUT2D eigenvalue weighted by Crippen LogP contribution is 2.25. The lowest BCUT2D eigenvalue weighted by molar-refractivity contribution is -0.136. The van der Waals surface area contributed by atoms with Crippen molar-refractivity contribution in [2.24, 2.45) is 0 Å². The molecule has 0 radical (unpaired) electrons. The van der Waals surface area contributed by atoms with Gasteiger partial charge in [-0.25, -0.2) is 4.98 Å². The summed E-state index contributed by atoms with van der Waals surface area (Å²) in [6.07, 6.45) is 5.17. The lowest BCUT2D eigenvalue weighted by Crippen LogP contribution is -2.18. The van der Waals surface area contributed by atoms with Gasteiger partial charge in [-0.05, 0) is 26.2 Å². The van der Waals surface area contributed by atoms with E-state index in [0.717, 1.165) is 12.8 Å². The predicted octanol–water partition coefficient (Wildman–Crippen LogP) is 1.41. The molecular formula is C10H14N2O2. The molecule has 1 aromatic rings. The largest absolute Gasteiger partial charge is 0.481 e. The molecule has 2 rings (SSSR count). The normalized spacial score (nSPS) is 20.5. The zero-order valence-electron chi connectivity index (χ0n) is 8.23. The number of fused-ring (bicyclic) bond motifs is 1. The summed E-state index contributed by atoms with van der Waals surface area (Å²) in [6.45, 7) is 2.12. The minimum Gasteiger partial charge on any atom is -0.481 e. The molecule has 14 heavy (non-hydrogen) atoms. The summed E-state index contributed by atoms with van der Waals surface area (Å²) < 4.78 is 2.08. The maximum atomic E-state index is 10.6. The molecule has 1 atom stereocenters. The molecule has 1 aromatic heterocycles. The van der Waals surface area contributed by atoms with Crippen molar-refractivity contribution >= 4 is 5.97 Å². The lowest BCUT2D eigenvalue weighted by Gasteiger charge is -2.23. The van der Waals surface area contributed by atoms with E-state index in [9.17, 15) is 4.79 Å². The van der Waals surface area contributed by atoms with Crippen LogP contribution < -0.4 is 0 Å². The SMILES string of the molecule is CC1CCCc2cnc(CC(=O)O)n21.